The summed E-state index contributed by atoms with van der Waals surface area (Å²) >= 11 is 0. The molecule has 1 aliphatic heterocycles. The molecule has 0 spiro atoms. The zero-order valence-corrected chi connectivity index (χ0v) is 14.1. The van der Waals surface area contributed by atoms with Crippen molar-refractivity contribution in [3.8, 4) is 0 Å². The van der Waals surface area contributed by atoms with Gasteiger partial charge in [0.15, 0.2) is 0 Å². The van der Waals surface area contributed by atoms with Crippen molar-refractivity contribution in [3.63, 3.8) is 0 Å². The van der Waals surface area contributed by atoms with Crippen LogP contribution in [0.1, 0.15) is 31.7 Å². The predicted octanol–water partition coefficient (Wildman–Crippen LogP) is 3.62. The number of halogens is 1. The van der Waals surface area contributed by atoms with Crippen molar-refractivity contribution in [2.24, 2.45) is 0 Å². The lowest BCUT2D eigenvalue weighted by molar-refractivity contribution is 0.154. The molecule has 1 aromatic heterocycles. The Balaban J connectivity index is 0.00000176. The lowest BCUT2D eigenvalue weighted by Crippen LogP contribution is -2.43. The number of fused-ring (bicyclic) bond motifs is 1. The van der Waals surface area contributed by atoms with Crippen molar-refractivity contribution in [2.75, 3.05) is 19.6 Å². The fraction of sp³-hybridized carbons (Fsp3) is 0.500. The highest BCUT2D eigenvalue weighted by molar-refractivity contribution is 5.85. The van der Waals surface area contributed by atoms with Gasteiger partial charge in [-0.3, -0.25) is 9.88 Å². The second kappa shape index (κ2) is 8.47. The molecule has 1 N–H and O–H groups in total. The first-order valence-corrected chi connectivity index (χ1v) is 8.16. The minimum absolute atomic E-state index is 0. The molecule has 1 fully saturated rings. The van der Waals surface area contributed by atoms with Crippen LogP contribution in [-0.2, 0) is 6.54 Å². The second-order valence-electron chi connectivity index (χ2n) is 5.94. The third kappa shape index (κ3) is 3.97. The lowest BCUT2D eigenvalue weighted by Gasteiger charge is -2.34. The van der Waals surface area contributed by atoms with E-state index in [1.54, 1.807) is 0 Å². The van der Waals surface area contributed by atoms with Gasteiger partial charge in [-0.2, -0.15) is 0 Å². The first-order chi connectivity index (χ1) is 10.4. The third-order valence-corrected chi connectivity index (χ3v) is 4.43. The van der Waals surface area contributed by atoms with E-state index < -0.39 is 0 Å². The maximum atomic E-state index is 4.60. The first kappa shape index (κ1) is 17.2. The summed E-state index contributed by atoms with van der Waals surface area (Å²) in [6.45, 7) is 6.77. The number of nitrogens with one attached hydrogen (secondary N) is 1. The largest absolute Gasteiger partial charge is 0.317 e. The average molecular weight is 320 g/mol. The number of rotatable bonds is 5. The van der Waals surface area contributed by atoms with Gasteiger partial charge in [0.1, 0.15) is 0 Å². The van der Waals surface area contributed by atoms with E-state index in [-0.39, 0.29) is 12.4 Å². The van der Waals surface area contributed by atoms with Crippen molar-refractivity contribution in [1.82, 2.24) is 15.2 Å². The summed E-state index contributed by atoms with van der Waals surface area (Å²) in [5.74, 6) is 0. The predicted molar refractivity (Wildman–Crippen MR) is 95.6 cm³/mol. The molecule has 0 radical (unpaired) electrons. The molecule has 2 aromatic rings. The fourth-order valence-corrected chi connectivity index (χ4v) is 3.36. The van der Waals surface area contributed by atoms with Crippen molar-refractivity contribution in [2.45, 2.75) is 38.8 Å². The zero-order valence-electron chi connectivity index (χ0n) is 13.3. The van der Waals surface area contributed by atoms with Gasteiger partial charge >= 0.3 is 0 Å². The van der Waals surface area contributed by atoms with Crippen LogP contribution in [0, 0.1) is 0 Å². The van der Waals surface area contributed by atoms with E-state index >= 15 is 0 Å². The monoisotopic (exact) mass is 319 g/mol. The number of nitrogens with zero attached hydrogens (tertiary/aromatic N) is 2. The summed E-state index contributed by atoms with van der Waals surface area (Å²) in [5.41, 5.74) is 2.52. The molecule has 1 aliphatic rings. The van der Waals surface area contributed by atoms with Gasteiger partial charge in [0.05, 0.1) is 5.52 Å². The van der Waals surface area contributed by atoms with Crippen LogP contribution in [-0.4, -0.2) is 35.6 Å². The summed E-state index contributed by atoms with van der Waals surface area (Å²) in [7, 11) is 0. The molecule has 3 rings (SSSR count). The van der Waals surface area contributed by atoms with E-state index in [1.165, 1.54) is 36.8 Å². The molecule has 1 saturated heterocycles. The van der Waals surface area contributed by atoms with E-state index in [1.807, 2.05) is 12.3 Å². The molecule has 3 nitrogen and oxygen atoms in total. The summed E-state index contributed by atoms with van der Waals surface area (Å²) in [5, 5.41) is 4.71. The van der Waals surface area contributed by atoms with E-state index in [4.69, 9.17) is 0 Å². The third-order valence-electron chi connectivity index (χ3n) is 4.43. The Bertz CT molecular complexity index is 576. The van der Waals surface area contributed by atoms with Gasteiger partial charge in [0, 0.05) is 24.2 Å². The molecular formula is C18H26ClN3. The second-order valence-corrected chi connectivity index (χ2v) is 5.94. The van der Waals surface area contributed by atoms with Crippen LogP contribution in [0.2, 0.25) is 0 Å². The molecule has 0 saturated carbocycles. The van der Waals surface area contributed by atoms with Gasteiger partial charge in [0.25, 0.3) is 0 Å². The molecule has 0 aliphatic carbocycles. The first-order valence-electron chi connectivity index (χ1n) is 8.16. The van der Waals surface area contributed by atoms with Crippen LogP contribution in [0.15, 0.2) is 36.5 Å². The molecule has 120 valence electrons. The van der Waals surface area contributed by atoms with E-state index in [2.05, 4.69) is 46.4 Å². The normalized spacial score (nSPS) is 15.9. The van der Waals surface area contributed by atoms with Gasteiger partial charge in [-0.15, -0.1) is 12.4 Å². The van der Waals surface area contributed by atoms with E-state index in [0.29, 0.717) is 6.04 Å². The minimum Gasteiger partial charge on any atom is -0.317 e. The van der Waals surface area contributed by atoms with Crippen LogP contribution in [0.3, 0.4) is 0 Å². The van der Waals surface area contributed by atoms with Crippen molar-refractivity contribution < 1.29 is 0 Å². The summed E-state index contributed by atoms with van der Waals surface area (Å²) in [4.78, 5) is 7.26. The summed E-state index contributed by atoms with van der Waals surface area (Å²) in [6.07, 6.45) is 5.64. The van der Waals surface area contributed by atoms with Gasteiger partial charge in [-0.1, -0.05) is 31.2 Å². The molecular weight excluding hydrogens is 294 g/mol. The molecule has 0 atom stereocenters. The Morgan fingerprint density at radius 1 is 1.18 bits per heavy atom. The summed E-state index contributed by atoms with van der Waals surface area (Å²) < 4.78 is 0. The van der Waals surface area contributed by atoms with Gasteiger partial charge < -0.3 is 5.32 Å². The quantitative estimate of drug-likeness (QED) is 0.912. The molecule has 0 unspecified atom stereocenters. The Morgan fingerprint density at radius 2 is 1.95 bits per heavy atom. The molecule has 4 heteroatoms. The van der Waals surface area contributed by atoms with Gasteiger partial charge in [-0.05, 0) is 50.5 Å². The standard InChI is InChI=1S/C18H25N3.ClH/c1-2-13-21(17-8-11-19-12-9-17)14-16-6-3-5-15-7-4-10-20-18(15)16;/h3-7,10,17,19H,2,8-9,11-14H2,1H3;1H. The number of aromatic nitrogens is 1. The molecule has 1 aromatic carbocycles. The summed E-state index contributed by atoms with van der Waals surface area (Å²) in [6, 6.07) is 11.4. The maximum absolute atomic E-state index is 4.60. The van der Waals surface area contributed by atoms with E-state index in [9.17, 15) is 0 Å². The SMILES string of the molecule is CCCN(Cc1cccc2cccnc12)C1CCNCC1.Cl. The zero-order chi connectivity index (χ0) is 14.5. The van der Waals surface area contributed by atoms with E-state index in [0.717, 1.165) is 25.2 Å². The average Bonchev–Trinajstić information content (AvgIpc) is 2.55. The molecule has 2 heterocycles. The van der Waals surface area contributed by atoms with Crippen LogP contribution in [0.5, 0.6) is 0 Å². The van der Waals surface area contributed by atoms with Crippen LogP contribution in [0.25, 0.3) is 10.9 Å². The maximum Gasteiger partial charge on any atom is 0.0746 e. The smallest absolute Gasteiger partial charge is 0.0746 e. The van der Waals surface area contributed by atoms with Crippen LogP contribution < -0.4 is 5.32 Å². The minimum atomic E-state index is 0. The fourth-order valence-electron chi connectivity index (χ4n) is 3.36. The number of hydrogen-bond donors (Lipinski definition) is 1. The Labute approximate surface area is 139 Å². The Hall–Kier alpha value is -1.16. The highest BCUT2D eigenvalue weighted by Crippen LogP contribution is 2.21. The number of para-hydroxylation sites is 1. The Kier molecular flexibility index (Phi) is 6.62. The Morgan fingerprint density at radius 3 is 2.73 bits per heavy atom. The number of benzene rings is 1. The van der Waals surface area contributed by atoms with Crippen molar-refractivity contribution in [1.29, 1.82) is 0 Å². The molecule has 0 amide bonds. The number of pyridine rings is 1. The van der Waals surface area contributed by atoms with Crippen LogP contribution >= 0.6 is 12.4 Å². The van der Waals surface area contributed by atoms with Gasteiger partial charge in [0.2, 0.25) is 0 Å². The number of hydrogen-bond acceptors (Lipinski definition) is 3. The van der Waals surface area contributed by atoms with Crippen molar-refractivity contribution in [3.05, 3.63) is 42.1 Å². The highest BCUT2D eigenvalue weighted by atomic mass is 35.5. The molecule has 0 bridgehead atoms. The van der Waals surface area contributed by atoms with Gasteiger partial charge in [-0.25, -0.2) is 0 Å². The topological polar surface area (TPSA) is 28.2 Å². The lowest BCUT2D eigenvalue weighted by atomic mass is 10.0. The van der Waals surface area contributed by atoms with Crippen molar-refractivity contribution >= 4 is 23.3 Å². The number of piperidine rings is 1. The van der Waals surface area contributed by atoms with Crippen LogP contribution in [0.4, 0.5) is 0 Å². The molecule has 22 heavy (non-hydrogen) atoms. The highest BCUT2D eigenvalue weighted by Gasteiger charge is 2.21.